The van der Waals surface area contributed by atoms with Gasteiger partial charge in [0.15, 0.2) is 0 Å². The number of aliphatic hydroxyl groups excluding tert-OH is 1. The van der Waals surface area contributed by atoms with Gasteiger partial charge in [0.25, 0.3) is 0 Å². The van der Waals surface area contributed by atoms with Crippen LogP contribution < -0.4 is 4.90 Å². The molecule has 0 bridgehead atoms. The van der Waals surface area contributed by atoms with Gasteiger partial charge in [-0.2, -0.15) is 13.2 Å². The van der Waals surface area contributed by atoms with E-state index >= 15 is 0 Å². The van der Waals surface area contributed by atoms with Gasteiger partial charge in [0.1, 0.15) is 11.0 Å². The Balaban J connectivity index is 3.12. The number of rotatable bonds is 5. The van der Waals surface area contributed by atoms with Crippen molar-refractivity contribution >= 4 is 17.4 Å². The average Bonchev–Trinajstić information content (AvgIpc) is 2.27. The first kappa shape index (κ1) is 16.0. The van der Waals surface area contributed by atoms with Crippen LogP contribution in [0.4, 0.5) is 19.0 Å². The molecule has 0 aromatic carbocycles. The van der Waals surface area contributed by atoms with Crippen molar-refractivity contribution in [3.05, 3.63) is 22.8 Å². The second kappa shape index (κ2) is 6.43. The highest BCUT2D eigenvalue weighted by molar-refractivity contribution is 6.29. The van der Waals surface area contributed by atoms with Crippen molar-refractivity contribution in [1.29, 1.82) is 0 Å². The van der Waals surface area contributed by atoms with Crippen molar-refractivity contribution in [2.45, 2.75) is 32.5 Å². The fraction of sp³-hybridized carbons (Fsp3) is 0.583. The first-order valence-electron chi connectivity index (χ1n) is 5.88. The number of pyridine rings is 1. The summed E-state index contributed by atoms with van der Waals surface area (Å²) in [5.74, 6) is 0.170. The van der Waals surface area contributed by atoms with E-state index in [1.165, 1.54) is 0 Å². The Kier molecular flexibility index (Phi) is 5.43. The summed E-state index contributed by atoms with van der Waals surface area (Å²) < 4.78 is 38.2. The SMILES string of the molecule is CC(C)N(CCCO)c1cc(C(F)(F)F)cc(Cl)n1. The van der Waals surface area contributed by atoms with Gasteiger partial charge >= 0.3 is 6.18 Å². The monoisotopic (exact) mass is 296 g/mol. The molecule has 0 saturated carbocycles. The lowest BCUT2D eigenvalue weighted by Crippen LogP contribution is -2.33. The van der Waals surface area contributed by atoms with Crippen LogP contribution in [-0.4, -0.2) is 29.3 Å². The van der Waals surface area contributed by atoms with Crippen LogP contribution in [0.15, 0.2) is 12.1 Å². The second-order valence-electron chi connectivity index (χ2n) is 4.40. The molecule has 0 atom stereocenters. The molecule has 0 amide bonds. The van der Waals surface area contributed by atoms with Crippen LogP contribution >= 0.6 is 11.6 Å². The minimum atomic E-state index is -4.46. The number of alkyl halides is 3. The van der Waals surface area contributed by atoms with E-state index in [0.29, 0.717) is 13.0 Å². The summed E-state index contributed by atoms with van der Waals surface area (Å²) in [6.45, 7) is 4.06. The van der Waals surface area contributed by atoms with Gasteiger partial charge in [-0.3, -0.25) is 0 Å². The minimum absolute atomic E-state index is 0.0318. The smallest absolute Gasteiger partial charge is 0.396 e. The maximum atomic E-state index is 12.7. The van der Waals surface area contributed by atoms with E-state index in [1.807, 2.05) is 13.8 Å². The molecule has 0 unspecified atom stereocenters. The van der Waals surface area contributed by atoms with Crippen LogP contribution in [0, 0.1) is 0 Å². The van der Waals surface area contributed by atoms with Gasteiger partial charge in [0, 0.05) is 19.2 Å². The third kappa shape index (κ3) is 4.54. The summed E-state index contributed by atoms with van der Waals surface area (Å²) in [6.07, 6.45) is -4.01. The summed E-state index contributed by atoms with van der Waals surface area (Å²) in [5.41, 5.74) is -0.822. The molecule has 0 aliphatic heterocycles. The molecule has 3 nitrogen and oxygen atoms in total. The van der Waals surface area contributed by atoms with Crippen molar-refractivity contribution in [1.82, 2.24) is 4.98 Å². The molecule has 0 spiro atoms. The molecule has 1 N–H and O–H groups in total. The summed E-state index contributed by atoms with van der Waals surface area (Å²) in [5, 5.41) is 8.63. The van der Waals surface area contributed by atoms with E-state index in [9.17, 15) is 13.2 Å². The van der Waals surface area contributed by atoms with Crippen LogP contribution in [0.25, 0.3) is 0 Å². The van der Waals surface area contributed by atoms with E-state index in [2.05, 4.69) is 4.98 Å². The predicted octanol–water partition coefficient (Wildman–Crippen LogP) is 3.35. The number of halogens is 4. The predicted molar refractivity (Wildman–Crippen MR) is 68.4 cm³/mol. The van der Waals surface area contributed by atoms with E-state index in [1.54, 1.807) is 4.90 Å². The summed E-state index contributed by atoms with van der Waals surface area (Å²) in [4.78, 5) is 5.61. The van der Waals surface area contributed by atoms with E-state index in [0.717, 1.165) is 12.1 Å². The number of aromatic nitrogens is 1. The standard InChI is InChI=1S/C12H16ClF3N2O/c1-8(2)18(4-3-5-19)11-7-9(12(14,15)16)6-10(13)17-11/h6-8,19H,3-5H2,1-2H3. The van der Waals surface area contributed by atoms with Crippen molar-refractivity contribution in [2.75, 3.05) is 18.1 Å². The van der Waals surface area contributed by atoms with Gasteiger partial charge < -0.3 is 10.0 Å². The Morgan fingerprint density at radius 3 is 2.47 bits per heavy atom. The minimum Gasteiger partial charge on any atom is -0.396 e. The molecule has 1 aromatic rings. The maximum Gasteiger partial charge on any atom is 0.416 e. The highest BCUT2D eigenvalue weighted by Gasteiger charge is 2.32. The first-order valence-corrected chi connectivity index (χ1v) is 6.25. The second-order valence-corrected chi connectivity index (χ2v) is 4.79. The summed E-state index contributed by atoms with van der Waals surface area (Å²) in [6, 6.07) is 1.73. The molecule has 0 fully saturated rings. The highest BCUT2D eigenvalue weighted by atomic mass is 35.5. The van der Waals surface area contributed by atoms with E-state index < -0.39 is 11.7 Å². The Hall–Kier alpha value is -1.01. The summed E-state index contributed by atoms with van der Waals surface area (Å²) in [7, 11) is 0. The molecular formula is C12H16ClF3N2O. The number of aliphatic hydroxyl groups is 1. The lowest BCUT2D eigenvalue weighted by molar-refractivity contribution is -0.137. The molecule has 19 heavy (non-hydrogen) atoms. The molecule has 108 valence electrons. The Morgan fingerprint density at radius 1 is 1.37 bits per heavy atom. The topological polar surface area (TPSA) is 36.4 Å². The van der Waals surface area contributed by atoms with Gasteiger partial charge in [-0.25, -0.2) is 4.98 Å². The van der Waals surface area contributed by atoms with Gasteiger partial charge in [0.05, 0.1) is 5.56 Å². The third-order valence-electron chi connectivity index (χ3n) is 2.58. The van der Waals surface area contributed by atoms with E-state index in [4.69, 9.17) is 16.7 Å². The lowest BCUT2D eigenvalue weighted by Gasteiger charge is -2.28. The van der Waals surface area contributed by atoms with Gasteiger partial charge in [-0.1, -0.05) is 11.6 Å². The van der Waals surface area contributed by atoms with E-state index in [-0.39, 0.29) is 23.6 Å². The van der Waals surface area contributed by atoms with Crippen LogP contribution in [0.2, 0.25) is 5.15 Å². The Bertz CT molecular complexity index is 424. The first-order chi connectivity index (χ1) is 8.75. The van der Waals surface area contributed by atoms with Crippen molar-refractivity contribution in [3.8, 4) is 0 Å². The molecule has 1 rings (SSSR count). The molecule has 1 aromatic heterocycles. The lowest BCUT2D eigenvalue weighted by atomic mass is 10.2. The highest BCUT2D eigenvalue weighted by Crippen LogP contribution is 2.33. The zero-order valence-corrected chi connectivity index (χ0v) is 11.5. The quantitative estimate of drug-likeness (QED) is 0.847. The van der Waals surface area contributed by atoms with Crippen molar-refractivity contribution in [2.24, 2.45) is 0 Å². The largest absolute Gasteiger partial charge is 0.416 e. The number of anilines is 1. The molecule has 0 aliphatic rings. The van der Waals surface area contributed by atoms with Crippen molar-refractivity contribution in [3.63, 3.8) is 0 Å². The molecule has 0 aliphatic carbocycles. The number of hydrogen-bond acceptors (Lipinski definition) is 3. The molecule has 0 radical (unpaired) electrons. The molecule has 1 heterocycles. The fourth-order valence-electron chi connectivity index (χ4n) is 1.67. The summed E-state index contributed by atoms with van der Waals surface area (Å²) >= 11 is 5.65. The van der Waals surface area contributed by atoms with Gasteiger partial charge in [-0.05, 0) is 32.4 Å². The molecule has 0 saturated heterocycles. The van der Waals surface area contributed by atoms with Crippen LogP contribution in [-0.2, 0) is 6.18 Å². The zero-order valence-electron chi connectivity index (χ0n) is 10.7. The molecular weight excluding hydrogens is 281 g/mol. The van der Waals surface area contributed by atoms with Crippen molar-refractivity contribution < 1.29 is 18.3 Å². The van der Waals surface area contributed by atoms with Crippen LogP contribution in [0.1, 0.15) is 25.8 Å². The number of nitrogens with zero attached hydrogens (tertiary/aromatic N) is 2. The van der Waals surface area contributed by atoms with Gasteiger partial charge in [-0.15, -0.1) is 0 Å². The zero-order chi connectivity index (χ0) is 14.6. The van der Waals surface area contributed by atoms with Crippen LogP contribution in [0.3, 0.4) is 0 Å². The Labute approximate surface area is 115 Å². The van der Waals surface area contributed by atoms with Gasteiger partial charge in [0.2, 0.25) is 0 Å². The average molecular weight is 297 g/mol. The third-order valence-corrected chi connectivity index (χ3v) is 2.78. The normalized spacial score (nSPS) is 12.0. The molecule has 7 heteroatoms. The Morgan fingerprint density at radius 2 is 2.00 bits per heavy atom. The number of hydrogen-bond donors (Lipinski definition) is 1. The fourth-order valence-corrected chi connectivity index (χ4v) is 1.88. The maximum absolute atomic E-state index is 12.7. The van der Waals surface area contributed by atoms with Crippen LogP contribution in [0.5, 0.6) is 0 Å².